The summed E-state index contributed by atoms with van der Waals surface area (Å²) in [7, 11) is 0. The molecule has 0 saturated carbocycles. The Morgan fingerprint density at radius 1 is 1.50 bits per heavy atom. The molecule has 0 saturated heterocycles. The Morgan fingerprint density at radius 3 is 3.09 bits per heavy atom. The van der Waals surface area contributed by atoms with Crippen LogP contribution < -0.4 is 5.32 Å². The SMILES string of the molecule is CC[C@H](C(=O)NCc1noc(-c2cccs2)n1)n1cccn1. The minimum absolute atomic E-state index is 0.117. The molecule has 3 heterocycles. The van der Waals surface area contributed by atoms with Gasteiger partial charge in [0, 0.05) is 12.4 Å². The summed E-state index contributed by atoms with van der Waals surface area (Å²) in [4.78, 5) is 17.4. The molecule has 0 bridgehead atoms. The van der Waals surface area contributed by atoms with Crippen molar-refractivity contribution >= 4 is 17.2 Å². The van der Waals surface area contributed by atoms with Gasteiger partial charge in [-0.15, -0.1) is 11.3 Å². The van der Waals surface area contributed by atoms with Gasteiger partial charge in [-0.25, -0.2) is 0 Å². The molecule has 0 fully saturated rings. The van der Waals surface area contributed by atoms with Crippen molar-refractivity contribution in [2.75, 3.05) is 0 Å². The highest BCUT2D eigenvalue weighted by Gasteiger charge is 2.19. The quantitative estimate of drug-likeness (QED) is 0.753. The molecule has 1 atom stereocenters. The van der Waals surface area contributed by atoms with Crippen LogP contribution in [-0.2, 0) is 11.3 Å². The average Bonchev–Trinajstić information content (AvgIpc) is 3.26. The van der Waals surface area contributed by atoms with Crippen molar-refractivity contribution in [3.63, 3.8) is 0 Å². The van der Waals surface area contributed by atoms with Crippen molar-refractivity contribution in [2.24, 2.45) is 0 Å². The molecule has 1 N–H and O–H groups in total. The van der Waals surface area contributed by atoms with Crippen molar-refractivity contribution < 1.29 is 9.32 Å². The van der Waals surface area contributed by atoms with E-state index < -0.39 is 0 Å². The van der Waals surface area contributed by atoms with Crippen LogP contribution in [-0.4, -0.2) is 25.8 Å². The van der Waals surface area contributed by atoms with Crippen LogP contribution in [0.15, 0.2) is 40.5 Å². The van der Waals surface area contributed by atoms with Crippen molar-refractivity contribution in [1.29, 1.82) is 0 Å². The minimum atomic E-state index is -0.335. The Bertz CT molecular complexity index is 720. The number of amides is 1. The number of carbonyl (C=O) groups is 1. The Balaban J connectivity index is 1.61. The molecule has 0 aliphatic carbocycles. The number of aromatic nitrogens is 4. The Labute approximate surface area is 131 Å². The average molecular weight is 317 g/mol. The maximum atomic E-state index is 12.2. The molecule has 1 amide bonds. The monoisotopic (exact) mass is 317 g/mol. The molecule has 0 spiro atoms. The molecule has 0 radical (unpaired) electrons. The van der Waals surface area contributed by atoms with Gasteiger partial charge in [0.05, 0.1) is 11.4 Å². The highest BCUT2D eigenvalue weighted by molar-refractivity contribution is 7.13. The molecule has 0 aliphatic rings. The van der Waals surface area contributed by atoms with E-state index in [-0.39, 0.29) is 18.5 Å². The second-order valence-corrected chi connectivity index (χ2v) is 5.57. The molecule has 0 unspecified atom stereocenters. The highest BCUT2D eigenvalue weighted by atomic mass is 32.1. The first kappa shape index (κ1) is 14.5. The first-order chi connectivity index (χ1) is 10.8. The largest absolute Gasteiger partial charge is 0.347 e. The lowest BCUT2D eigenvalue weighted by molar-refractivity contribution is -0.124. The molecule has 3 rings (SSSR count). The van der Waals surface area contributed by atoms with Crippen LogP contribution in [0.25, 0.3) is 10.8 Å². The van der Waals surface area contributed by atoms with Crippen LogP contribution in [0.4, 0.5) is 0 Å². The predicted molar refractivity (Wildman–Crippen MR) is 81.0 cm³/mol. The topological polar surface area (TPSA) is 85.8 Å². The molecule has 8 heteroatoms. The Hall–Kier alpha value is -2.48. The van der Waals surface area contributed by atoms with E-state index in [0.29, 0.717) is 18.1 Å². The second-order valence-electron chi connectivity index (χ2n) is 4.62. The van der Waals surface area contributed by atoms with E-state index >= 15 is 0 Å². The molecule has 3 aromatic heterocycles. The van der Waals surface area contributed by atoms with Gasteiger partial charge in [0.25, 0.3) is 5.89 Å². The number of rotatable bonds is 6. The molecular weight excluding hydrogens is 302 g/mol. The van der Waals surface area contributed by atoms with Gasteiger partial charge < -0.3 is 9.84 Å². The molecule has 114 valence electrons. The van der Waals surface area contributed by atoms with Gasteiger partial charge in [-0.1, -0.05) is 18.1 Å². The van der Waals surface area contributed by atoms with Crippen LogP contribution in [0.3, 0.4) is 0 Å². The van der Waals surface area contributed by atoms with Gasteiger partial charge in [0.2, 0.25) is 5.91 Å². The van der Waals surface area contributed by atoms with E-state index in [1.54, 1.807) is 23.1 Å². The van der Waals surface area contributed by atoms with E-state index in [1.165, 1.54) is 11.3 Å². The molecule has 0 aliphatic heterocycles. The normalized spacial score (nSPS) is 12.2. The zero-order valence-corrected chi connectivity index (χ0v) is 12.8. The number of hydrogen-bond acceptors (Lipinski definition) is 6. The maximum absolute atomic E-state index is 12.2. The lowest BCUT2D eigenvalue weighted by Gasteiger charge is -2.14. The molecule has 0 aromatic carbocycles. The van der Waals surface area contributed by atoms with E-state index in [0.717, 1.165) is 4.88 Å². The summed E-state index contributed by atoms with van der Waals surface area (Å²) in [5, 5.41) is 12.7. The first-order valence-corrected chi connectivity index (χ1v) is 7.79. The van der Waals surface area contributed by atoms with E-state index in [2.05, 4.69) is 20.6 Å². The van der Waals surface area contributed by atoms with Gasteiger partial charge in [-0.05, 0) is 23.9 Å². The third-order valence-electron chi connectivity index (χ3n) is 3.15. The predicted octanol–water partition coefficient (Wildman–Crippen LogP) is 2.26. The molecule has 22 heavy (non-hydrogen) atoms. The molecule has 7 nitrogen and oxygen atoms in total. The van der Waals surface area contributed by atoms with Crippen molar-refractivity contribution in [1.82, 2.24) is 25.2 Å². The number of hydrogen-bond donors (Lipinski definition) is 1. The highest BCUT2D eigenvalue weighted by Crippen LogP contribution is 2.22. The van der Waals surface area contributed by atoms with Gasteiger partial charge in [0.15, 0.2) is 5.82 Å². The smallest absolute Gasteiger partial charge is 0.268 e. The second kappa shape index (κ2) is 6.52. The van der Waals surface area contributed by atoms with E-state index in [9.17, 15) is 4.79 Å². The van der Waals surface area contributed by atoms with Crippen molar-refractivity contribution in [2.45, 2.75) is 25.9 Å². The van der Waals surface area contributed by atoms with Gasteiger partial charge in [-0.3, -0.25) is 9.48 Å². The lowest BCUT2D eigenvalue weighted by atomic mass is 10.2. The fraction of sp³-hybridized carbons (Fsp3) is 0.286. The first-order valence-electron chi connectivity index (χ1n) is 6.91. The Morgan fingerprint density at radius 2 is 2.41 bits per heavy atom. The van der Waals surface area contributed by atoms with Crippen molar-refractivity contribution in [3.05, 3.63) is 41.8 Å². The standard InChI is InChI=1S/C14H15N5O2S/c1-2-10(19-7-4-6-16-19)13(20)15-9-12-17-14(21-18-12)11-5-3-8-22-11/h3-8,10H,2,9H2,1H3,(H,15,20)/t10-/m1/s1. The number of carbonyl (C=O) groups excluding carboxylic acids is 1. The third-order valence-corrected chi connectivity index (χ3v) is 4.01. The summed E-state index contributed by atoms with van der Waals surface area (Å²) in [6, 6.07) is 5.29. The van der Waals surface area contributed by atoms with E-state index in [1.807, 2.05) is 24.4 Å². The lowest BCUT2D eigenvalue weighted by Crippen LogP contribution is -2.32. The summed E-state index contributed by atoms with van der Waals surface area (Å²) in [5.41, 5.74) is 0. The maximum Gasteiger partial charge on any atom is 0.268 e. The number of thiophene rings is 1. The Kier molecular flexibility index (Phi) is 4.29. The fourth-order valence-electron chi connectivity index (χ4n) is 2.07. The zero-order chi connectivity index (χ0) is 15.4. The molecule has 3 aromatic rings. The summed E-state index contributed by atoms with van der Waals surface area (Å²) < 4.78 is 6.82. The summed E-state index contributed by atoms with van der Waals surface area (Å²) in [6.45, 7) is 2.17. The summed E-state index contributed by atoms with van der Waals surface area (Å²) in [5.74, 6) is 0.805. The molecular formula is C14H15N5O2S. The number of nitrogens with zero attached hydrogens (tertiary/aromatic N) is 4. The van der Waals surface area contributed by atoms with E-state index in [4.69, 9.17) is 4.52 Å². The van der Waals surface area contributed by atoms with Crippen LogP contribution in [0, 0.1) is 0 Å². The van der Waals surface area contributed by atoms with Crippen LogP contribution in [0.2, 0.25) is 0 Å². The van der Waals surface area contributed by atoms with Crippen molar-refractivity contribution in [3.8, 4) is 10.8 Å². The summed E-state index contributed by atoms with van der Waals surface area (Å²) >= 11 is 1.53. The van der Waals surface area contributed by atoms with Gasteiger partial charge in [-0.2, -0.15) is 10.1 Å². The van der Waals surface area contributed by atoms with Gasteiger partial charge >= 0.3 is 0 Å². The summed E-state index contributed by atoms with van der Waals surface area (Å²) in [6.07, 6.45) is 4.08. The number of nitrogens with one attached hydrogen (secondary N) is 1. The van der Waals surface area contributed by atoms with Crippen LogP contribution in [0.1, 0.15) is 25.2 Å². The third kappa shape index (κ3) is 3.06. The van der Waals surface area contributed by atoms with Crippen LogP contribution in [0.5, 0.6) is 0 Å². The fourth-order valence-corrected chi connectivity index (χ4v) is 2.71. The zero-order valence-electron chi connectivity index (χ0n) is 12.0. The van der Waals surface area contributed by atoms with Gasteiger partial charge in [0.1, 0.15) is 6.04 Å². The van der Waals surface area contributed by atoms with Crippen LogP contribution >= 0.6 is 11.3 Å². The minimum Gasteiger partial charge on any atom is -0.347 e.